The lowest BCUT2D eigenvalue weighted by atomic mass is 9.98. The Kier molecular flexibility index (Phi) is 2.92. The Morgan fingerprint density at radius 1 is 1.06 bits per heavy atom. The van der Waals surface area contributed by atoms with Gasteiger partial charge in [0.15, 0.2) is 0 Å². The summed E-state index contributed by atoms with van der Waals surface area (Å²) in [6.07, 6.45) is -4.34. The zero-order valence-electron chi connectivity index (χ0n) is 9.18. The second kappa shape index (κ2) is 4.24. The van der Waals surface area contributed by atoms with Gasteiger partial charge in [-0.15, -0.1) is 0 Å². The summed E-state index contributed by atoms with van der Waals surface area (Å²) >= 11 is 0. The maximum Gasteiger partial charge on any atom is 0.417 e. The molecule has 2 aromatic rings. The fourth-order valence-electron chi connectivity index (χ4n) is 1.70. The van der Waals surface area contributed by atoms with Crippen LogP contribution in [0, 0.1) is 13.0 Å². The number of hydrogen-bond donors (Lipinski definition) is 0. The van der Waals surface area contributed by atoms with Crippen LogP contribution >= 0.6 is 0 Å². The zero-order valence-corrected chi connectivity index (χ0v) is 9.18. The maximum absolute atomic E-state index is 12.8. The van der Waals surface area contributed by atoms with E-state index in [0.717, 1.165) is 11.6 Å². The summed E-state index contributed by atoms with van der Waals surface area (Å²) < 4.78 is 38.5. The molecule has 3 heteroatoms. The SMILES string of the molecule is Cc1cc[c]c(-c2ccccc2C(F)(F)F)c1. The predicted octanol–water partition coefficient (Wildman–Crippen LogP) is 4.48. The smallest absolute Gasteiger partial charge is 0.166 e. The van der Waals surface area contributed by atoms with E-state index in [2.05, 4.69) is 6.07 Å². The van der Waals surface area contributed by atoms with Crippen molar-refractivity contribution in [2.45, 2.75) is 13.1 Å². The first-order valence-corrected chi connectivity index (χ1v) is 5.13. The van der Waals surface area contributed by atoms with Crippen molar-refractivity contribution in [2.24, 2.45) is 0 Å². The monoisotopic (exact) mass is 235 g/mol. The van der Waals surface area contributed by atoms with Gasteiger partial charge in [0, 0.05) is 0 Å². The van der Waals surface area contributed by atoms with E-state index in [-0.39, 0.29) is 5.56 Å². The summed E-state index contributed by atoms with van der Waals surface area (Å²) in [5.41, 5.74) is 0.930. The van der Waals surface area contributed by atoms with Gasteiger partial charge in [0.2, 0.25) is 0 Å². The van der Waals surface area contributed by atoms with Gasteiger partial charge in [-0.2, -0.15) is 13.2 Å². The predicted molar refractivity (Wildman–Crippen MR) is 60.5 cm³/mol. The van der Waals surface area contributed by atoms with Gasteiger partial charge in [0.25, 0.3) is 0 Å². The van der Waals surface area contributed by atoms with Gasteiger partial charge in [-0.1, -0.05) is 42.0 Å². The largest absolute Gasteiger partial charge is 0.417 e. The Labute approximate surface area is 97.7 Å². The first-order valence-electron chi connectivity index (χ1n) is 5.13. The van der Waals surface area contributed by atoms with Gasteiger partial charge in [0.05, 0.1) is 5.56 Å². The molecule has 0 saturated heterocycles. The topological polar surface area (TPSA) is 0 Å². The van der Waals surface area contributed by atoms with E-state index >= 15 is 0 Å². The highest BCUT2D eigenvalue weighted by molar-refractivity contribution is 5.68. The molecule has 2 rings (SSSR count). The summed E-state index contributed by atoms with van der Waals surface area (Å²) in [5, 5.41) is 0. The molecule has 87 valence electrons. The van der Waals surface area contributed by atoms with Gasteiger partial charge < -0.3 is 0 Å². The maximum atomic E-state index is 12.8. The molecule has 0 heterocycles. The van der Waals surface area contributed by atoms with E-state index in [0.29, 0.717) is 5.56 Å². The molecule has 0 atom stereocenters. The number of hydrogen-bond acceptors (Lipinski definition) is 0. The number of benzene rings is 2. The van der Waals surface area contributed by atoms with Crippen molar-refractivity contribution in [3.05, 3.63) is 59.7 Å². The molecule has 0 aromatic heterocycles. The number of rotatable bonds is 1. The van der Waals surface area contributed by atoms with E-state index < -0.39 is 11.7 Å². The molecule has 2 aromatic carbocycles. The lowest BCUT2D eigenvalue weighted by molar-refractivity contribution is -0.137. The molecule has 0 saturated carbocycles. The van der Waals surface area contributed by atoms with Crippen LogP contribution in [0.15, 0.2) is 42.5 Å². The summed E-state index contributed by atoms with van der Waals surface area (Å²) in [7, 11) is 0. The summed E-state index contributed by atoms with van der Waals surface area (Å²) in [6, 6.07) is 13.5. The molecule has 0 nitrogen and oxygen atoms in total. The van der Waals surface area contributed by atoms with E-state index in [1.807, 2.05) is 6.92 Å². The van der Waals surface area contributed by atoms with E-state index in [9.17, 15) is 13.2 Å². The van der Waals surface area contributed by atoms with Gasteiger partial charge in [-0.05, 0) is 30.2 Å². The van der Waals surface area contributed by atoms with Crippen LogP contribution in [-0.2, 0) is 6.18 Å². The summed E-state index contributed by atoms with van der Waals surface area (Å²) in [5.74, 6) is 0. The number of aryl methyl sites for hydroxylation is 1. The molecule has 0 aliphatic heterocycles. The lowest BCUT2D eigenvalue weighted by Crippen LogP contribution is -2.06. The van der Waals surface area contributed by atoms with Crippen LogP contribution in [-0.4, -0.2) is 0 Å². The van der Waals surface area contributed by atoms with Crippen molar-refractivity contribution in [3.63, 3.8) is 0 Å². The molecule has 0 aliphatic rings. The van der Waals surface area contributed by atoms with Gasteiger partial charge in [0.1, 0.15) is 0 Å². The third kappa shape index (κ3) is 2.49. The fourth-order valence-corrected chi connectivity index (χ4v) is 1.70. The standard InChI is InChI=1S/C14H10F3/c1-10-5-4-6-11(9-10)12-7-2-3-8-13(12)14(15,16)17/h2-5,7-9H,1H3. The lowest BCUT2D eigenvalue weighted by Gasteiger charge is -2.12. The van der Waals surface area contributed by atoms with Crippen molar-refractivity contribution >= 4 is 0 Å². The highest BCUT2D eigenvalue weighted by Gasteiger charge is 2.33. The molecule has 0 spiro atoms. The van der Waals surface area contributed by atoms with Crippen molar-refractivity contribution in [1.29, 1.82) is 0 Å². The Bertz CT molecular complexity index is 527. The minimum atomic E-state index is -4.34. The van der Waals surface area contributed by atoms with Gasteiger partial charge >= 0.3 is 6.18 Å². The highest BCUT2D eigenvalue weighted by atomic mass is 19.4. The van der Waals surface area contributed by atoms with Crippen LogP contribution in [0.2, 0.25) is 0 Å². The molecule has 1 radical (unpaired) electrons. The summed E-state index contributed by atoms with van der Waals surface area (Å²) in [4.78, 5) is 0. The average molecular weight is 235 g/mol. The van der Waals surface area contributed by atoms with Gasteiger partial charge in [-0.25, -0.2) is 0 Å². The number of alkyl halides is 3. The Morgan fingerprint density at radius 3 is 2.41 bits per heavy atom. The van der Waals surface area contributed by atoms with Crippen molar-refractivity contribution in [3.8, 4) is 11.1 Å². The van der Waals surface area contributed by atoms with E-state index in [1.54, 1.807) is 24.3 Å². The van der Waals surface area contributed by atoms with Crippen LogP contribution in [0.3, 0.4) is 0 Å². The summed E-state index contributed by atoms with van der Waals surface area (Å²) in [6.45, 7) is 1.84. The van der Waals surface area contributed by atoms with Crippen LogP contribution in [0.1, 0.15) is 11.1 Å². The molecule has 17 heavy (non-hydrogen) atoms. The molecule has 0 bridgehead atoms. The molecular formula is C14H10F3. The molecule has 0 N–H and O–H groups in total. The molecule has 0 amide bonds. The van der Waals surface area contributed by atoms with Crippen LogP contribution in [0.4, 0.5) is 13.2 Å². The number of halogens is 3. The van der Waals surface area contributed by atoms with Crippen LogP contribution in [0.5, 0.6) is 0 Å². The van der Waals surface area contributed by atoms with Crippen LogP contribution < -0.4 is 0 Å². The quantitative estimate of drug-likeness (QED) is 0.683. The first-order chi connectivity index (χ1) is 7.98. The minimum Gasteiger partial charge on any atom is -0.166 e. The van der Waals surface area contributed by atoms with Crippen molar-refractivity contribution in [2.75, 3.05) is 0 Å². The normalized spacial score (nSPS) is 11.5. The highest BCUT2D eigenvalue weighted by Crippen LogP contribution is 2.36. The second-order valence-corrected chi connectivity index (χ2v) is 3.82. The zero-order chi connectivity index (χ0) is 12.5. The minimum absolute atomic E-state index is 0.170. The Morgan fingerprint density at radius 2 is 1.76 bits per heavy atom. The Balaban J connectivity index is 2.60. The molecular weight excluding hydrogens is 225 g/mol. The Hall–Kier alpha value is -1.77. The third-order valence-corrected chi connectivity index (χ3v) is 2.48. The van der Waals surface area contributed by atoms with E-state index in [4.69, 9.17) is 0 Å². The van der Waals surface area contributed by atoms with E-state index in [1.165, 1.54) is 12.1 Å². The molecule has 0 aliphatic carbocycles. The molecule has 0 fully saturated rings. The molecule has 0 unspecified atom stereocenters. The van der Waals surface area contributed by atoms with Crippen LogP contribution in [0.25, 0.3) is 11.1 Å². The first kappa shape index (κ1) is 11.7. The second-order valence-electron chi connectivity index (χ2n) is 3.82. The van der Waals surface area contributed by atoms with Crippen molar-refractivity contribution < 1.29 is 13.2 Å². The van der Waals surface area contributed by atoms with Crippen molar-refractivity contribution in [1.82, 2.24) is 0 Å². The van der Waals surface area contributed by atoms with Gasteiger partial charge in [-0.3, -0.25) is 0 Å². The fraction of sp³-hybridized carbons (Fsp3) is 0.143. The average Bonchev–Trinajstić information content (AvgIpc) is 2.28. The third-order valence-electron chi connectivity index (χ3n) is 2.48.